The molecule has 0 saturated carbocycles. The minimum Gasteiger partial charge on any atom is -0.467 e. The van der Waals surface area contributed by atoms with Crippen LogP contribution in [0.4, 0.5) is 5.69 Å². The Morgan fingerprint density at radius 3 is 2.31 bits per heavy atom. The predicted octanol–water partition coefficient (Wildman–Crippen LogP) is 2.22. The van der Waals surface area contributed by atoms with E-state index in [1.165, 1.54) is 12.7 Å². The number of hydrogen-bond donors (Lipinski definition) is 2. The molecule has 3 N–H and O–H groups in total. The predicted molar refractivity (Wildman–Crippen MR) is 110 cm³/mol. The summed E-state index contributed by atoms with van der Waals surface area (Å²) in [5.74, 6) is -1.03. The lowest BCUT2D eigenvalue weighted by Gasteiger charge is -2.16. The zero-order valence-corrected chi connectivity index (χ0v) is 16.2. The van der Waals surface area contributed by atoms with Crippen LogP contribution < -0.4 is 11.1 Å². The van der Waals surface area contributed by atoms with Crippen LogP contribution in [-0.4, -0.2) is 34.8 Å². The van der Waals surface area contributed by atoms with Gasteiger partial charge < -0.3 is 15.8 Å². The first-order valence-electron chi connectivity index (χ1n) is 9.36. The van der Waals surface area contributed by atoms with Crippen molar-refractivity contribution in [3.63, 3.8) is 0 Å². The van der Waals surface area contributed by atoms with Crippen molar-refractivity contribution in [2.45, 2.75) is 25.4 Å². The molecule has 1 heterocycles. The number of aromatic nitrogens is 2. The smallest absolute Gasteiger partial charge is 0.328 e. The van der Waals surface area contributed by atoms with E-state index in [0.29, 0.717) is 13.0 Å². The van der Waals surface area contributed by atoms with Gasteiger partial charge in [0.25, 0.3) is 5.91 Å². The zero-order valence-electron chi connectivity index (χ0n) is 16.2. The molecule has 0 aliphatic rings. The van der Waals surface area contributed by atoms with Gasteiger partial charge in [-0.05, 0) is 17.5 Å². The number of aryl methyl sites for hydroxylation is 2. The number of esters is 1. The van der Waals surface area contributed by atoms with Crippen molar-refractivity contribution < 1.29 is 14.3 Å². The molecular formula is C22H24N4O3. The lowest BCUT2D eigenvalue weighted by Crippen LogP contribution is -2.43. The van der Waals surface area contributed by atoms with E-state index >= 15 is 0 Å². The minimum absolute atomic E-state index is 0.0972. The molecule has 7 nitrogen and oxygen atoms in total. The van der Waals surface area contributed by atoms with Crippen molar-refractivity contribution in [2.75, 3.05) is 12.8 Å². The molecule has 150 valence electrons. The standard InChI is InChI=1S/C22H24N4O3/c1-29-22(28)19(14-17-10-6-3-7-11-17)24-21(27)20-18(23)15-26(25-20)13-12-16-8-4-2-5-9-16/h2-11,15,19H,12-14,23H2,1H3,(H,24,27). The van der Waals surface area contributed by atoms with E-state index in [-0.39, 0.29) is 11.4 Å². The number of hydrogen-bond acceptors (Lipinski definition) is 5. The first-order valence-corrected chi connectivity index (χ1v) is 9.36. The van der Waals surface area contributed by atoms with E-state index in [4.69, 9.17) is 10.5 Å². The van der Waals surface area contributed by atoms with Crippen LogP contribution in [-0.2, 0) is 28.9 Å². The van der Waals surface area contributed by atoms with Gasteiger partial charge in [-0.2, -0.15) is 5.10 Å². The maximum absolute atomic E-state index is 12.7. The van der Waals surface area contributed by atoms with Gasteiger partial charge in [-0.25, -0.2) is 4.79 Å². The van der Waals surface area contributed by atoms with Gasteiger partial charge in [0, 0.05) is 19.2 Å². The van der Waals surface area contributed by atoms with Crippen molar-refractivity contribution in [1.82, 2.24) is 15.1 Å². The molecule has 1 amide bonds. The number of amides is 1. The summed E-state index contributed by atoms with van der Waals surface area (Å²) in [4.78, 5) is 24.8. The van der Waals surface area contributed by atoms with E-state index in [2.05, 4.69) is 10.4 Å². The van der Waals surface area contributed by atoms with E-state index in [0.717, 1.165) is 12.0 Å². The molecule has 29 heavy (non-hydrogen) atoms. The molecule has 3 rings (SSSR count). The number of rotatable bonds is 8. The fraction of sp³-hybridized carbons (Fsp3) is 0.227. The van der Waals surface area contributed by atoms with Gasteiger partial charge in [-0.15, -0.1) is 0 Å². The van der Waals surface area contributed by atoms with Gasteiger partial charge in [0.1, 0.15) is 6.04 Å². The lowest BCUT2D eigenvalue weighted by molar-refractivity contribution is -0.142. The summed E-state index contributed by atoms with van der Waals surface area (Å²) in [5, 5.41) is 6.99. The zero-order chi connectivity index (χ0) is 20.6. The van der Waals surface area contributed by atoms with Crippen LogP contribution in [0.2, 0.25) is 0 Å². The van der Waals surface area contributed by atoms with Crippen molar-refractivity contribution in [3.05, 3.63) is 83.7 Å². The SMILES string of the molecule is COC(=O)C(Cc1ccccc1)NC(=O)c1nn(CCc2ccccc2)cc1N. The highest BCUT2D eigenvalue weighted by atomic mass is 16.5. The Hall–Kier alpha value is -3.61. The first kappa shape index (κ1) is 20.1. The Morgan fingerprint density at radius 1 is 1.07 bits per heavy atom. The second kappa shape index (κ2) is 9.54. The Bertz CT molecular complexity index is 955. The molecule has 3 aromatic rings. The Kier molecular flexibility index (Phi) is 6.63. The van der Waals surface area contributed by atoms with E-state index < -0.39 is 17.9 Å². The molecule has 1 aromatic heterocycles. The number of carbonyl (C=O) groups is 2. The second-order valence-electron chi connectivity index (χ2n) is 6.67. The van der Waals surface area contributed by atoms with Crippen molar-refractivity contribution >= 4 is 17.6 Å². The number of ether oxygens (including phenoxy) is 1. The molecule has 0 aliphatic carbocycles. The third kappa shape index (κ3) is 5.44. The molecule has 0 saturated heterocycles. The van der Waals surface area contributed by atoms with E-state index in [9.17, 15) is 9.59 Å². The van der Waals surface area contributed by atoms with Crippen LogP contribution in [0, 0.1) is 0 Å². The van der Waals surface area contributed by atoms with Gasteiger partial charge >= 0.3 is 5.97 Å². The van der Waals surface area contributed by atoms with Crippen LogP contribution in [0.25, 0.3) is 0 Å². The summed E-state index contributed by atoms with van der Waals surface area (Å²) in [5.41, 5.74) is 8.42. The number of methoxy groups -OCH3 is 1. The molecule has 1 atom stereocenters. The maximum Gasteiger partial charge on any atom is 0.328 e. The monoisotopic (exact) mass is 392 g/mol. The average Bonchev–Trinajstić information content (AvgIpc) is 3.13. The Labute approximate surface area is 169 Å². The number of nitrogen functional groups attached to an aromatic ring is 1. The van der Waals surface area contributed by atoms with Crippen molar-refractivity contribution in [3.8, 4) is 0 Å². The van der Waals surface area contributed by atoms with E-state index in [1.54, 1.807) is 10.9 Å². The number of carbonyl (C=O) groups excluding carboxylic acids is 2. The van der Waals surface area contributed by atoms with Gasteiger partial charge in [0.05, 0.1) is 12.8 Å². The fourth-order valence-corrected chi connectivity index (χ4v) is 3.03. The van der Waals surface area contributed by atoms with E-state index in [1.807, 2.05) is 60.7 Å². The molecular weight excluding hydrogens is 368 g/mol. The van der Waals surface area contributed by atoms with Crippen molar-refractivity contribution in [1.29, 1.82) is 0 Å². The second-order valence-corrected chi connectivity index (χ2v) is 6.67. The van der Waals surface area contributed by atoms with Crippen LogP contribution in [0.5, 0.6) is 0 Å². The van der Waals surface area contributed by atoms with Crippen LogP contribution in [0.15, 0.2) is 66.9 Å². The fourth-order valence-electron chi connectivity index (χ4n) is 3.03. The normalized spacial score (nSPS) is 11.6. The molecule has 7 heteroatoms. The van der Waals surface area contributed by atoms with Crippen LogP contribution in [0.3, 0.4) is 0 Å². The number of benzene rings is 2. The van der Waals surface area contributed by atoms with Gasteiger partial charge in [0.15, 0.2) is 5.69 Å². The summed E-state index contributed by atoms with van der Waals surface area (Å²) >= 11 is 0. The number of nitrogens with one attached hydrogen (secondary N) is 1. The summed E-state index contributed by atoms with van der Waals surface area (Å²) < 4.78 is 6.47. The highest BCUT2D eigenvalue weighted by molar-refractivity contribution is 5.99. The topological polar surface area (TPSA) is 99.2 Å². The molecule has 0 spiro atoms. The van der Waals surface area contributed by atoms with Gasteiger partial charge in [0.2, 0.25) is 0 Å². The average molecular weight is 392 g/mol. The first-order chi connectivity index (χ1) is 14.1. The van der Waals surface area contributed by atoms with Gasteiger partial charge in [-0.3, -0.25) is 9.48 Å². The maximum atomic E-state index is 12.7. The summed E-state index contributed by atoms with van der Waals surface area (Å²) in [6, 6.07) is 18.6. The highest BCUT2D eigenvalue weighted by Crippen LogP contribution is 2.12. The Morgan fingerprint density at radius 2 is 1.69 bits per heavy atom. The lowest BCUT2D eigenvalue weighted by atomic mass is 10.1. The minimum atomic E-state index is -0.830. The number of nitrogens with zero attached hydrogens (tertiary/aromatic N) is 2. The number of nitrogens with two attached hydrogens (primary N) is 1. The third-order valence-corrected chi connectivity index (χ3v) is 4.55. The number of anilines is 1. The Balaban J connectivity index is 1.67. The summed E-state index contributed by atoms with van der Waals surface area (Å²) in [6.07, 6.45) is 2.71. The van der Waals surface area contributed by atoms with Crippen LogP contribution >= 0.6 is 0 Å². The molecule has 1 unspecified atom stereocenters. The van der Waals surface area contributed by atoms with Crippen molar-refractivity contribution in [2.24, 2.45) is 0 Å². The highest BCUT2D eigenvalue weighted by Gasteiger charge is 2.25. The molecule has 0 aliphatic heterocycles. The summed E-state index contributed by atoms with van der Waals surface area (Å²) in [6.45, 7) is 0.589. The van der Waals surface area contributed by atoms with Crippen LogP contribution in [0.1, 0.15) is 21.6 Å². The third-order valence-electron chi connectivity index (χ3n) is 4.55. The molecule has 0 bridgehead atoms. The summed E-state index contributed by atoms with van der Waals surface area (Å²) in [7, 11) is 1.29. The molecule has 0 fully saturated rings. The quantitative estimate of drug-likeness (QED) is 0.573. The van der Waals surface area contributed by atoms with Gasteiger partial charge in [-0.1, -0.05) is 60.7 Å². The molecule has 0 radical (unpaired) electrons. The largest absolute Gasteiger partial charge is 0.467 e. The molecule has 2 aromatic carbocycles.